The van der Waals surface area contributed by atoms with Gasteiger partial charge in [0.2, 0.25) is 11.9 Å². The Balaban J connectivity index is 1.68. The topological polar surface area (TPSA) is 71.5 Å². The minimum atomic E-state index is -0.470. The summed E-state index contributed by atoms with van der Waals surface area (Å²) >= 11 is 0. The second-order valence-electron chi connectivity index (χ2n) is 8.44. The van der Waals surface area contributed by atoms with Gasteiger partial charge in [-0.1, -0.05) is 6.07 Å². The SMILES string of the molecule is COc1ccc(CC(=O)N2CCCC2c2nc(N(C)C)ncc2-c2ccncc2C)cc1F. The van der Waals surface area contributed by atoms with Crippen LogP contribution in [0.3, 0.4) is 0 Å². The number of carbonyl (C=O) groups is 1. The zero-order valence-corrected chi connectivity index (χ0v) is 19.4. The summed E-state index contributed by atoms with van der Waals surface area (Å²) in [6.45, 7) is 2.64. The minimum absolute atomic E-state index is 0.0514. The molecule has 33 heavy (non-hydrogen) atoms. The molecule has 1 aromatic carbocycles. The molecule has 1 unspecified atom stereocenters. The zero-order chi connectivity index (χ0) is 23.5. The van der Waals surface area contributed by atoms with E-state index in [1.165, 1.54) is 13.2 Å². The molecule has 1 amide bonds. The second-order valence-corrected chi connectivity index (χ2v) is 8.44. The van der Waals surface area contributed by atoms with Gasteiger partial charge >= 0.3 is 0 Å². The molecule has 1 aliphatic rings. The van der Waals surface area contributed by atoms with Crippen molar-refractivity contribution in [2.24, 2.45) is 0 Å². The molecule has 3 aromatic rings. The molecule has 0 aliphatic carbocycles. The predicted octanol–water partition coefficient (Wildman–Crippen LogP) is 3.97. The van der Waals surface area contributed by atoms with Crippen molar-refractivity contribution in [1.82, 2.24) is 19.9 Å². The van der Waals surface area contributed by atoms with Crippen LogP contribution in [-0.2, 0) is 11.2 Å². The molecule has 0 bridgehead atoms. The normalized spacial score (nSPS) is 15.5. The van der Waals surface area contributed by atoms with E-state index in [4.69, 9.17) is 9.72 Å². The molecule has 3 heterocycles. The van der Waals surface area contributed by atoms with E-state index in [1.54, 1.807) is 18.3 Å². The number of pyridine rings is 1. The Bertz CT molecular complexity index is 1170. The molecule has 0 N–H and O–H groups in total. The van der Waals surface area contributed by atoms with Gasteiger partial charge in [0.1, 0.15) is 0 Å². The van der Waals surface area contributed by atoms with E-state index < -0.39 is 5.82 Å². The highest BCUT2D eigenvalue weighted by Gasteiger charge is 2.33. The number of methoxy groups -OCH3 is 1. The average Bonchev–Trinajstić information content (AvgIpc) is 3.29. The van der Waals surface area contributed by atoms with Gasteiger partial charge < -0.3 is 14.5 Å². The van der Waals surface area contributed by atoms with Crippen LogP contribution in [0, 0.1) is 12.7 Å². The van der Waals surface area contributed by atoms with Crippen LogP contribution in [0.4, 0.5) is 10.3 Å². The van der Waals surface area contributed by atoms with Crippen molar-refractivity contribution in [2.75, 3.05) is 32.6 Å². The van der Waals surface area contributed by atoms with Crippen molar-refractivity contribution >= 4 is 11.9 Å². The van der Waals surface area contributed by atoms with Crippen LogP contribution < -0.4 is 9.64 Å². The quantitative estimate of drug-likeness (QED) is 0.567. The molecule has 1 fully saturated rings. The van der Waals surface area contributed by atoms with Crippen LogP contribution in [0.25, 0.3) is 11.1 Å². The number of halogens is 1. The Morgan fingerprint density at radius 3 is 2.76 bits per heavy atom. The van der Waals surface area contributed by atoms with Gasteiger partial charge in [-0.05, 0) is 54.7 Å². The molecule has 0 radical (unpaired) electrons. The number of carbonyl (C=O) groups excluding carboxylic acids is 1. The number of hydrogen-bond donors (Lipinski definition) is 0. The predicted molar refractivity (Wildman–Crippen MR) is 125 cm³/mol. The molecule has 4 rings (SSSR count). The second kappa shape index (κ2) is 9.52. The van der Waals surface area contributed by atoms with Crippen LogP contribution in [0.5, 0.6) is 5.75 Å². The number of benzene rings is 1. The fraction of sp³-hybridized carbons (Fsp3) is 0.360. The lowest BCUT2D eigenvalue weighted by molar-refractivity contribution is -0.131. The molecule has 7 nitrogen and oxygen atoms in total. The summed E-state index contributed by atoms with van der Waals surface area (Å²) in [6.07, 6.45) is 7.20. The van der Waals surface area contributed by atoms with Crippen molar-refractivity contribution in [3.8, 4) is 16.9 Å². The van der Waals surface area contributed by atoms with Crippen molar-refractivity contribution in [3.63, 3.8) is 0 Å². The van der Waals surface area contributed by atoms with Crippen LogP contribution in [0.1, 0.15) is 35.7 Å². The van der Waals surface area contributed by atoms with E-state index in [0.717, 1.165) is 35.2 Å². The molecule has 0 saturated carbocycles. The van der Waals surface area contributed by atoms with Gasteiger partial charge in [-0.25, -0.2) is 14.4 Å². The number of rotatable bonds is 6. The highest BCUT2D eigenvalue weighted by molar-refractivity contribution is 5.80. The number of anilines is 1. The summed E-state index contributed by atoms with van der Waals surface area (Å²) in [7, 11) is 5.21. The van der Waals surface area contributed by atoms with E-state index >= 15 is 0 Å². The van der Waals surface area contributed by atoms with Crippen molar-refractivity contribution < 1.29 is 13.9 Å². The van der Waals surface area contributed by atoms with Gasteiger partial charge in [-0.2, -0.15) is 0 Å². The van der Waals surface area contributed by atoms with E-state index in [0.29, 0.717) is 18.1 Å². The summed E-state index contributed by atoms with van der Waals surface area (Å²) in [5.41, 5.74) is 4.37. The lowest BCUT2D eigenvalue weighted by Crippen LogP contribution is -2.33. The van der Waals surface area contributed by atoms with Gasteiger partial charge in [0.25, 0.3) is 0 Å². The van der Waals surface area contributed by atoms with Crippen molar-refractivity contribution in [2.45, 2.75) is 32.2 Å². The molecular weight excluding hydrogens is 421 g/mol. The summed E-state index contributed by atoms with van der Waals surface area (Å²) < 4.78 is 19.1. The first-order valence-electron chi connectivity index (χ1n) is 11.0. The zero-order valence-electron chi connectivity index (χ0n) is 19.4. The summed E-state index contributed by atoms with van der Waals surface area (Å²) in [5, 5.41) is 0. The molecule has 8 heteroatoms. The van der Waals surface area contributed by atoms with Gasteiger partial charge in [0, 0.05) is 44.8 Å². The van der Waals surface area contributed by atoms with E-state index in [-0.39, 0.29) is 24.1 Å². The first-order chi connectivity index (χ1) is 15.9. The van der Waals surface area contributed by atoms with Crippen LogP contribution in [0.15, 0.2) is 42.9 Å². The maximum Gasteiger partial charge on any atom is 0.227 e. The maximum atomic E-state index is 14.1. The van der Waals surface area contributed by atoms with Gasteiger partial charge in [-0.3, -0.25) is 9.78 Å². The number of likely N-dealkylation sites (tertiary alicyclic amines) is 1. The first-order valence-corrected chi connectivity index (χ1v) is 11.0. The summed E-state index contributed by atoms with van der Waals surface area (Å²) in [4.78, 5) is 30.6. The largest absolute Gasteiger partial charge is 0.494 e. The Hall–Kier alpha value is -3.55. The monoisotopic (exact) mass is 449 g/mol. The molecule has 1 saturated heterocycles. The Morgan fingerprint density at radius 2 is 2.06 bits per heavy atom. The Kier molecular flexibility index (Phi) is 6.53. The highest BCUT2D eigenvalue weighted by Crippen LogP contribution is 2.38. The fourth-order valence-electron chi connectivity index (χ4n) is 4.28. The third-order valence-electron chi connectivity index (χ3n) is 5.98. The third-order valence-corrected chi connectivity index (χ3v) is 5.98. The molecule has 1 atom stereocenters. The molecule has 0 spiro atoms. The van der Waals surface area contributed by atoms with Gasteiger partial charge in [-0.15, -0.1) is 0 Å². The minimum Gasteiger partial charge on any atom is -0.494 e. The Labute approximate surface area is 193 Å². The smallest absolute Gasteiger partial charge is 0.227 e. The number of aryl methyl sites for hydroxylation is 1. The molecule has 2 aromatic heterocycles. The number of ether oxygens (including phenoxy) is 1. The standard InChI is InChI=1S/C25H28FN5O2/c1-16-14-27-10-9-18(16)19-15-28-25(30(2)3)29-24(19)21-6-5-11-31(21)23(32)13-17-7-8-22(33-4)20(26)12-17/h7-10,12,14-15,21H,5-6,11,13H2,1-4H3. The van der Waals surface area contributed by atoms with E-state index in [9.17, 15) is 9.18 Å². The molecule has 172 valence electrons. The lowest BCUT2D eigenvalue weighted by Gasteiger charge is -2.27. The number of nitrogens with zero attached hydrogens (tertiary/aromatic N) is 5. The average molecular weight is 450 g/mol. The maximum absolute atomic E-state index is 14.1. The number of amides is 1. The number of hydrogen-bond acceptors (Lipinski definition) is 6. The Morgan fingerprint density at radius 1 is 1.24 bits per heavy atom. The van der Waals surface area contributed by atoms with Gasteiger partial charge in [0.15, 0.2) is 11.6 Å². The first kappa shape index (κ1) is 22.6. The molecule has 1 aliphatic heterocycles. The summed E-state index contributed by atoms with van der Waals surface area (Å²) in [6, 6.07) is 6.42. The van der Waals surface area contributed by atoms with Crippen molar-refractivity contribution in [3.05, 3.63) is 65.5 Å². The highest BCUT2D eigenvalue weighted by atomic mass is 19.1. The van der Waals surface area contributed by atoms with Crippen LogP contribution >= 0.6 is 0 Å². The summed E-state index contributed by atoms with van der Waals surface area (Å²) in [5.74, 6) is 0.240. The lowest BCUT2D eigenvalue weighted by atomic mass is 9.97. The fourth-order valence-corrected chi connectivity index (χ4v) is 4.28. The third kappa shape index (κ3) is 4.65. The van der Waals surface area contributed by atoms with E-state index in [2.05, 4.69) is 9.97 Å². The molecular formula is C25H28FN5O2. The van der Waals surface area contributed by atoms with Gasteiger partial charge in [0.05, 0.1) is 25.3 Å². The van der Waals surface area contributed by atoms with Crippen molar-refractivity contribution in [1.29, 1.82) is 0 Å². The van der Waals surface area contributed by atoms with Crippen LogP contribution in [0.2, 0.25) is 0 Å². The number of aromatic nitrogens is 3. The van der Waals surface area contributed by atoms with Crippen LogP contribution in [-0.4, -0.2) is 53.5 Å². The van der Waals surface area contributed by atoms with E-state index in [1.807, 2.05) is 49.3 Å².